The minimum atomic E-state index is 0.0373. The molecule has 4 heteroatoms. The van der Waals surface area contributed by atoms with E-state index in [1.165, 1.54) is 6.20 Å². The van der Waals surface area contributed by atoms with Crippen molar-refractivity contribution in [3.05, 3.63) is 17.5 Å². The fraction of sp³-hybridized carbons (Fsp3) is 0.375. The van der Waals surface area contributed by atoms with Crippen LogP contribution in [-0.4, -0.2) is 15.6 Å². The fourth-order valence-corrected chi connectivity index (χ4v) is 1.44. The van der Waals surface area contributed by atoms with Crippen LogP contribution in [-0.2, 0) is 6.54 Å². The Morgan fingerprint density at radius 3 is 3.25 bits per heavy atom. The van der Waals surface area contributed by atoms with E-state index in [-0.39, 0.29) is 5.78 Å². The number of hydrogen-bond acceptors (Lipinski definition) is 3. The molecule has 0 radical (unpaired) electrons. The summed E-state index contributed by atoms with van der Waals surface area (Å²) in [6.07, 6.45) is 2.83. The van der Waals surface area contributed by atoms with Gasteiger partial charge < -0.3 is 0 Å². The van der Waals surface area contributed by atoms with E-state index < -0.39 is 0 Å². The number of hydrogen-bond donors (Lipinski definition) is 0. The fourth-order valence-electron chi connectivity index (χ4n) is 1.44. The second-order valence-electron chi connectivity index (χ2n) is 2.77. The second-order valence-corrected chi connectivity index (χ2v) is 2.77. The van der Waals surface area contributed by atoms with E-state index in [0.717, 1.165) is 13.0 Å². The lowest BCUT2D eigenvalue weighted by Crippen LogP contribution is -2.18. The first-order chi connectivity index (χ1) is 5.83. The standard InChI is InChI=1S/C8H7N3O/c9-4-6-5-10-11-3-1-2-7(12)8(6)11/h5H,1-3H2. The minimum absolute atomic E-state index is 0.0373. The molecule has 60 valence electrons. The summed E-state index contributed by atoms with van der Waals surface area (Å²) in [5.41, 5.74) is 0.892. The number of rotatable bonds is 0. The topological polar surface area (TPSA) is 58.7 Å². The maximum Gasteiger partial charge on any atom is 0.182 e. The Balaban J connectivity index is 2.59. The molecule has 1 aromatic rings. The summed E-state index contributed by atoms with van der Waals surface area (Å²) in [5.74, 6) is 0.0373. The van der Waals surface area contributed by atoms with Crippen molar-refractivity contribution in [1.29, 1.82) is 5.26 Å². The van der Waals surface area contributed by atoms with Crippen LogP contribution in [0, 0.1) is 11.3 Å². The van der Waals surface area contributed by atoms with Gasteiger partial charge in [-0.05, 0) is 6.42 Å². The summed E-state index contributed by atoms with van der Waals surface area (Å²) in [7, 11) is 0. The van der Waals surface area contributed by atoms with E-state index in [1.807, 2.05) is 6.07 Å². The Hall–Kier alpha value is -1.63. The van der Waals surface area contributed by atoms with Gasteiger partial charge in [-0.15, -0.1) is 0 Å². The highest BCUT2D eigenvalue weighted by Crippen LogP contribution is 2.16. The van der Waals surface area contributed by atoms with E-state index in [9.17, 15) is 4.79 Å². The van der Waals surface area contributed by atoms with Gasteiger partial charge >= 0.3 is 0 Å². The molecular formula is C8H7N3O. The molecule has 0 saturated heterocycles. The Morgan fingerprint density at radius 1 is 1.67 bits per heavy atom. The zero-order valence-corrected chi connectivity index (χ0v) is 6.45. The van der Waals surface area contributed by atoms with Crippen LogP contribution in [0.15, 0.2) is 6.20 Å². The van der Waals surface area contributed by atoms with Crippen LogP contribution in [0.25, 0.3) is 0 Å². The molecule has 0 amide bonds. The lowest BCUT2D eigenvalue weighted by Gasteiger charge is -2.11. The number of aryl methyl sites for hydroxylation is 1. The number of nitriles is 1. The van der Waals surface area contributed by atoms with Gasteiger partial charge in [-0.2, -0.15) is 10.4 Å². The van der Waals surface area contributed by atoms with Gasteiger partial charge in [0.05, 0.1) is 6.20 Å². The Kier molecular flexibility index (Phi) is 1.44. The third-order valence-corrected chi connectivity index (χ3v) is 2.00. The summed E-state index contributed by atoms with van der Waals surface area (Å²) >= 11 is 0. The van der Waals surface area contributed by atoms with Gasteiger partial charge in [0.2, 0.25) is 0 Å². The number of nitrogens with zero attached hydrogens (tertiary/aromatic N) is 3. The van der Waals surface area contributed by atoms with Gasteiger partial charge in [0.1, 0.15) is 17.3 Å². The van der Waals surface area contributed by atoms with Gasteiger partial charge in [0, 0.05) is 13.0 Å². The van der Waals surface area contributed by atoms with Crippen LogP contribution in [0.3, 0.4) is 0 Å². The van der Waals surface area contributed by atoms with Gasteiger partial charge in [-0.1, -0.05) is 0 Å². The summed E-state index contributed by atoms with van der Waals surface area (Å²) < 4.78 is 1.62. The monoisotopic (exact) mass is 161 g/mol. The van der Waals surface area contributed by atoms with Crippen LogP contribution in [0.1, 0.15) is 28.9 Å². The molecule has 0 fully saturated rings. The van der Waals surface area contributed by atoms with E-state index in [1.54, 1.807) is 4.68 Å². The molecule has 1 aromatic heterocycles. The molecule has 0 N–H and O–H groups in total. The van der Waals surface area contributed by atoms with Crippen LogP contribution in [0.5, 0.6) is 0 Å². The van der Waals surface area contributed by atoms with Crippen molar-refractivity contribution >= 4 is 5.78 Å². The van der Waals surface area contributed by atoms with E-state index in [2.05, 4.69) is 5.10 Å². The first kappa shape index (κ1) is 7.04. The predicted molar refractivity (Wildman–Crippen MR) is 40.5 cm³/mol. The SMILES string of the molecule is N#Cc1cnn2c1C(=O)CCC2. The maximum atomic E-state index is 11.3. The summed E-state index contributed by atoms with van der Waals surface area (Å²) in [4.78, 5) is 11.3. The molecule has 4 nitrogen and oxygen atoms in total. The zero-order chi connectivity index (χ0) is 8.55. The van der Waals surface area contributed by atoms with Crippen molar-refractivity contribution in [2.24, 2.45) is 0 Å². The van der Waals surface area contributed by atoms with E-state index in [0.29, 0.717) is 17.7 Å². The Bertz CT molecular complexity index is 372. The molecule has 1 aliphatic heterocycles. The highest BCUT2D eigenvalue weighted by atomic mass is 16.1. The number of carbonyl (C=O) groups is 1. The largest absolute Gasteiger partial charge is 0.292 e. The van der Waals surface area contributed by atoms with Crippen molar-refractivity contribution in [3.8, 4) is 6.07 Å². The number of carbonyl (C=O) groups excluding carboxylic acids is 1. The molecule has 0 saturated carbocycles. The average molecular weight is 161 g/mol. The molecule has 12 heavy (non-hydrogen) atoms. The Morgan fingerprint density at radius 2 is 2.50 bits per heavy atom. The lowest BCUT2D eigenvalue weighted by atomic mass is 10.1. The predicted octanol–water partition coefficient (Wildman–Crippen LogP) is 0.731. The second kappa shape index (κ2) is 2.45. The van der Waals surface area contributed by atoms with Crippen molar-refractivity contribution in [2.45, 2.75) is 19.4 Å². The Labute approximate surface area is 69.4 Å². The lowest BCUT2D eigenvalue weighted by molar-refractivity contribution is 0.0951. The average Bonchev–Trinajstić information content (AvgIpc) is 2.49. The molecule has 0 spiro atoms. The van der Waals surface area contributed by atoms with Crippen LogP contribution in [0.4, 0.5) is 0 Å². The van der Waals surface area contributed by atoms with Gasteiger partial charge in [-0.3, -0.25) is 9.48 Å². The molecule has 2 heterocycles. The molecule has 2 rings (SSSR count). The van der Waals surface area contributed by atoms with Gasteiger partial charge in [-0.25, -0.2) is 0 Å². The zero-order valence-electron chi connectivity index (χ0n) is 6.45. The van der Waals surface area contributed by atoms with Crippen molar-refractivity contribution < 1.29 is 4.79 Å². The molecule has 0 aromatic carbocycles. The molecule has 1 aliphatic rings. The summed E-state index contributed by atoms with van der Waals surface area (Å²) in [6, 6.07) is 1.96. The summed E-state index contributed by atoms with van der Waals surface area (Å²) in [5, 5.41) is 12.6. The molecule has 0 bridgehead atoms. The van der Waals surface area contributed by atoms with Crippen molar-refractivity contribution in [1.82, 2.24) is 9.78 Å². The van der Waals surface area contributed by atoms with Crippen LogP contribution >= 0.6 is 0 Å². The van der Waals surface area contributed by atoms with Crippen molar-refractivity contribution in [3.63, 3.8) is 0 Å². The highest BCUT2D eigenvalue weighted by molar-refractivity contribution is 5.97. The first-order valence-electron chi connectivity index (χ1n) is 3.82. The number of aromatic nitrogens is 2. The van der Waals surface area contributed by atoms with Gasteiger partial charge in [0.15, 0.2) is 5.78 Å². The third-order valence-electron chi connectivity index (χ3n) is 2.00. The van der Waals surface area contributed by atoms with Crippen LogP contribution < -0.4 is 0 Å². The quantitative estimate of drug-likeness (QED) is 0.563. The molecule has 0 unspecified atom stereocenters. The normalized spacial score (nSPS) is 15.4. The summed E-state index contributed by atoms with van der Waals surface area (Å²) in [6.45, 7) is 0.753. The smallest absolute Gasteiger partial charge is 0.182 e. The highest BCUT2D eigenvalue weighted by Gasteiger charge is 2.21. The molecule has 0 aliphatic carbocycles. The molecular weight excluding hydrogens is 154 g/mol. The van der Waals surface area contributed by atoms with Gasteiger partial charge in [0.25, 0.3) is 0 Å². The number of ketones is 1. The van der Waals surface area contributed by atoms with Crippen LogP contribution in [0.2, 0.25) is 0 Å². The third kappa shape index (κ3) is 0.832. The maximum absolute atomic E-state index is 11.3. The first-order valence-corrected chi connectivity index (χ1v) is 3.82. The number of Topliss-reactive ketones (excluding diaryl/α,β-unsaturated/α-hetero) is 1. The number of fused-ring (bicyclic) bond motifs is 1. The van der Waals surface area contributed by atoms with Crippen molar-refractivity contribution in [2.75, 3.05) is 0 Å². The van der Waals surface area contributed by atoms with E-state index in [4.69, 9.17) is 5.26 Å². The van der Waals surface area contributed by atoms with E-state index >= 15 is 0 Å². The minimum Gasteiger partial charge on any atom is -0.292 e. The molecule has 0 atom stereocenters.